The minimum atomic E-state index is -0.844. The zero-order valence-electron chi connectivity index (χ0n) is 9.51. The number of primary amides is 1. The smallest absolute Gasteiger partial charge is 0.306 e. The molecular weight excluding hydrogens is 222 g/mol. The molecule has 0 aliphatic carbocycles. The largest absolute Gasteiger partial charge is 0.481 e. The highest BCUT2D eigenvalue weighted by Crippen LogP contribution is 2.11. The van der Waals surface area contributed by atoms with Crippen LogP contribution in [0.3, 0.4) is 0 Å². The third kappa shape index (κ3) is 3.75. The molecule has 1 unspecified atom stereocenters. The molecule has 0 saturated heterocycles. The number of anilines is 1. The lowest BCUT2D eigenvalue weighted by atomic mass is 10.1. The molecule has 1 rings (SSSR count). The van der Waals surface area contributed by atoms with E-state index in [1.165, 1.54) is 6.20 Å². The Morgan fingerprint density at radius 3 is 2.88 bits per heavy atom. The van der Waals surface area contributed by atoms with E-state index in [9.17, 15) is 9.59 Å². The van der Waals surface area contributed by atoms with E-state index in [4.69, 9.17) is 10.8 Å². The zero-order chi connectivity index (χ0) is 12.8. The van der Waals surface area contributed by atoms with Crippen molar-refractivity contribution < 1.29 is 14.7 Å². The highest BCUT2D eigenvalue weighted by molar-refractivity contribution is 5.97. The molecule has 6 nitrogen and oxygen atoms in total. The first-order valence-electron chi connectivity index (χ1n) is 5.24. The summed E-state index contributed by atoms with van der Waals surface area (Å²) in [6.45, 7) is 2.04. The molecule has 1 atom stereocenters. The normalized spacial score (nSPS) is 11.8. The number of pyridine rings is 1. The summed E-state index contributed by atoms with van der Waals surface area (Å²) in [5.74, 6) is -1.46. The van der Waals surface area contributed by atoms with Crippen LogP contribution in [0.15, 0.2) is 18.3 Å². The zero-order valence-corrected chi connectivity index (χ0v) is 9.51. The van der Waals surface area contributed by atoms with Gasteiger partial charge >= 0.3 is 5.97 Å². The molecule has 0 fully saturated rings. The number of hydrogen-bond donors (Lipinski definition) is 3. The number of carbonyl (C=O) groups is 2. The average molecular weight is 237 g/mol. The van der Waals surface area contributed by atoms with Crippen molar-refractivity contribution in [2.75, 3.05) is 11.9 Å². The predicted molar refractivity (Wildman–Crippen MR) is 62.7 cm³/mol. The Morgan fingerprint density at radius 1 is 1.59 bits per heavy atom. The summed E-state index contributed by atoms with van der Waals surface area (Å²) < 4.78 is 0. The molecule has 0 bridgehead atoms. The molecule has 0 aliphatic heterocycles. The van der Waals surface area contributed by atoms with Gasteiger partial charge in [-0.25, -0.2) is 4.98 Å². The second kappa shape index (κ2) is 5.83. The lowest BCUT2D eigenvalue weighted by Gasteiger charge is -2.10. The molecule has 4 N–H and O–H groups in total. The van der Waals surface area contributed by atoms with Crippen molar-refractivity contribution in [2.24, 2.45) is 11.7 Å². The molecule has 0 aromatic carbocycles. The van der Waals surface area contributed by atoms with Gasteiger partial charge in [-0.15, -0.1) is 0 Å². The minimum Gasteiger partial charge on any atom is -0.481 e. The third-order valence-electron chi connectivity index (χ3n) is 2.36. The van der Waals surface area contributed by atoms with Gasteiger partial charge in [0.1, 0.15) is 5.82 Å². The molecule has 0 radical (unpaired) electrons. The first kappa shape index (κ1) is 13.0. The van der Waals surface area contributed by atoms with Crippen molar-refractivity contribution in [2.45, 2.75) is 13.3 Å². The van der Waals surface area contributed by atoms with Gasteiger partial charge in [0.05, 0.1) is 11.5 Å². The molecular formula is C11H15N3O3. The number of amides is 1. The van der Waals surface area contributed by atoms with Gasteiger partial charge in [-0.05, 0) is 18.6 Å². The van der Waals surface area contributed by atoms with Crippen molar-refractivity contribution in [3.63, 3.8) is 0 Å². The second-order valence-corrected chi connectivity index (χ2v) is 3.72. The molecule has 1 aromatic rings. The molecule has 1 aromatic heterocycles. The van der Waals surface area contributed by atoms with E-state index >= 15 is 0 Å². The van der Waals surface area contributed by atoms with Gasteiger partial charge < -0.3 is 16.2 Å². The topological polar surface area (TPSA) is 105 Å². The fraction of sp³-hybridized carbons (Fsp3) is 0.364. The van der Waals surface area contributed by atoms with Crippen LogP contribution in [0.5, 0.6) is 0 Å². The maximum atomic E-state index is 11.1. The molecule has 0 spiro atoms. The standard InChI is InChI=1S/C11H15N3O3/c1-7(11(16)17)4-6-14-10-8(9(12)15)3-2-5-13-10/h2-3,5,7H,4,6H2,1H3,(H2,12,15)(H,13,14)(H,16,17). The lowest BCUT2D eigenvalue weighted by molar-refractivity contribution is -0.141. The summed E-state index contributed by atoms with van der Waals surface area (Å²) in [5, 5.41) is 11.6. The van der Waals surface area contributed by atoms with E-state index < -0.39 is 17.8 Å². The van der Waals surface area contributed by atoms with Crippen LogP contribution < -0.4 is 11.1 Å². The van der Waals surface area contributed by atoms with Crippen LogP contribution in [-0.4, -0.2) is 28.5 Å². The van der Waals surface area contributed by atoms with Crippen molar-refractivity contribution in [1.82, 2.24) is 4.98 Å². The number of hydrogen-bond acceptors (Lipinski definition) is 4. The Labute approximate surface area is 98.8 Å². The molecule has 0 saturated carbocycles. The number of rotatable bonds is 6. The van der Waals surface area contributed by atoms with Gasteiger partial charge in [0.2, 0.25) is 0 Å². The number of carboxylic acid groups (broad SMARTS) is 1. The molecule has 17 heavy (non-hydrogen) atoms. The second-order valence-electron chi connectivity index (χ2n) is 3.72. The molecule has 1 amide bonds. The predicted octanol–water partition coefficient (Wildman–Crippen LogP) is 0.703. The average Bonchev–Trinajstić information content (AvgIpc) is 2.29. The van der Waals surface area contributed by atoms with E-state index in [0.29, 0.717) is 24.3 Å². The summed E-state index contributed by atoms with van der Waals surface area (Å²) >= 11 is 0. The van der Waals surface area contributed by atoms with E-state index in [1.807, 2.05) is 0 Å². The van der Waals surface area contributed by atoms with Crippen molar-refractivity contribution in [1.29, 1.82) is 0 Å². The van der Waals surface area contributed by atoms with Gasteiger partial charge in [0.15, 0.2) is 0 Å². The SMILES string of the molecule is CC(CCNc1ncccc1C(N)=O)C(=O)O. The Bertz CT molecular complexity index is 420. The molecule has 6 heteroatoms. The van der Waals surface area contributed by atoms with Gasteiger partial charge in [-0.1, -0.05) is 6.92 Å². The number of carbonyl (C=O) groups excluding carboxylic acids is 1. The Hall–Kier alpha value is -2.11. The first-order valence-corrected chi connectivity index (χ1v) is 5.24. The van der Waals surface area contributed by atoms with E-state index in [1.54, 1.807) is 19.1 Å². The van der Waals surface area contributed by atoms with Crippen LogP contribution in [0.1, 0.15) is 23.7 Å². The van der Waals surface area contributed by atoms with Crippen LogP contribution in [0.4, 0.5) is 5.82 Å². The minimum absolute atomic E-state index is 0.301. The number of nitrogens with zero attached hydrogens (tertiary/aromatic N) is 1. The first-order chi connectivity index (χ1) is 8.02. The summed E-state index contributed by atoms with van der Waals surface area (Å²) in [7, 11) is 0. The van der Waals surface area contributed by atoms with E-state index in [2.05, 4.69) is 10.3 Å². The van der Waals surface area contributed by atoms with Crippen molar-refractivity contribution in [3.8, 4) is 0 Å². The number of carboxylic acids is 1. The number of aliphatic carboxylic acids is 1. The van der Waals surface area contributed by atoms with Gasteiger partial charge in [0.25, 0.3) is 5.91 Å². The van der Waals surface area contributed by atoms with Crippen LogP contribution in [0.2, 0.25) is 0 Å². The monoisotopic (exact) mass is 237 g/mol. The quantitative estimate of drug-likeness (QED) is 0.675. The highest BCUT2D eigenvalue weighted by atomic mass is 16.4. The molecule has 1 heterocycles. The Morgan fingerprint density at radius 2 is 2.29 bits per heavy atom. The van der Waals surface area contributed by atoms with Crippen LogP contribution in [-0.2, 0) is 4.79 Å². The van der Waals surface area contributed by atoms with E-state index in [-0.39, 0.29) is 0 Å². The number of aromatic nitrogens is 1. The maximum Gasteiger partial charge on any atom is 0.306 e. The Kier molecular flexibility index (Phi) is 4.45. The summed E-state index contributed by atoms with van der Waals surface area (Å²) in [4.78, 5) is 25.7. The van der Waals surface area contributed by atoms with Crippen molar-refractivity contribution in [3.05, 3.63) is 23.9 Å². The van der Waals surface area contributed by atoms with Gasteiger partial charge in [-0.2, -0.15) is 0 Å². The van der Waals surface area contributed by atoms with Crippen molar-refractivity contribution >= 4 is 17.7 Å². The molecule has 0 aliphatic rings. The Balaban J connectivity index is 2.58. The highest BCUT2D eigenvalue weighted by Gasteiger charge is 2.12. The maximum absolute atomic E-state index is 11.1. The number of nitrogens with two attached hydrogens (primary N) is 1. The van der Waals surface area contributed by atoms with Gasteiger partial charge in [-0.3, -0.25) is 9.59 Å². The van der Waals surface area contributed by atoms with Crippen LogP contribution in [0.25, 0.3) is 0 Å². The van der Waals surface area contributed by atoms with Gasteiger partial charge in [0, 0.05) is 12.7 Å². The third-order valence-corrected chi connectivity index (χ3v) is 2.36. The summed E-state index contributed by atoms with van der Waals surface area (Å²) in [6, 6.07) is 3.18. The fourth-order valence-corrected chi connectivity index (χ4v) is 1.28. The van der Waals surface area contributed by atoms with Crippen LogP contribution in [0, 0.1) is 5.92 Å². The van der Waals surface area contributed by atoms with E-state index in [0.717, 1.165) is 0 Å². The number of nitrogens with one attached hydrogen (secondary N) is 1. The summed E-state index contributed by atoms with van der Waals surface area (Å²) in [5.41, 5.74) is 5.48. The lowest BCUT2D eigenvalue weighted by Crippen LogP contribution is -2.18. The summed E-state index contributed by atoms with van der Waals surface area (Å²) in [6.07, 6.45) is 1.99. The fourth-order valence-electron chi connectivity index (χ4n) is 1.28. The van der Waals surface area contributed by atoms with Crippen LogP contribution >= 0.6 is 0 Å². The molecule has 92 valence electrons.